The van der Waals surface area contributed by atoms with Crippen LogP contribution in [0.3, 0.4) is 0 Å². The molecule has 1 aromatic heterocycles. The fourth-order valence-electron chi connectivity index (χ4n) is 3.47. The monoisotopic (exact) mass is 390 g/mol. The van der Waals surface area contributed by atoms with E-state index in [1.165, 1.54) is 5.56 Å². The number of nitrogens with zero attached hydrogens (tertiary/aromatic N) is 2. The van der Waals surface area contributed by atoms with E-state index < -0.39 is 9.84 Å². The highest BCUT2D eigenvalue weighted by molar-refractivity contribution is 7.89. The Balaban J connectivity index is 1.54. The van der Waals surface area contributed by atoms with Gasteiger partial charge in [0.05, 0.1) is 0 Å². The summed E-state index contributed by atoms with van der Waals surface area (Å²) in [7, 11) is -1.40. The van der Waals surface area contributed by atoms with Crippen LogP contribution >= 0.6 is 0 Å². The molecule has 1 aromatic carbocycles. The second-order valence-electron chi connectivity index (χ2n) is 7.25. The molecule has 0 bridgehead atoms. The normalized spacial score (nSPS) is 16.4. The molecule has 0 saturated carbocycles. The van der Waals surface area contributed by atoms with Gasteiger partial charge in [0.2, 0.25) is 0 Å². The smallest absolute Gasteiger partial charge is 0.289 e. The maximum atomic E-state index is 12.7. The summed E-state index contributed by atoms with van der Waals surface area (Å²) >= 11 is 0. The Morgan fingerprint density at radius 1 is 1.15 bits per heavy atom. The Morgan fingerprint density at radius 2 is 1.81 bits per heavy atom. The number of hydrogen-bond acceptors (Lipinski definition) is 5. The Morgan fingerprint density at radius 3 is 2.44 bits per heavy atom. The first-order valence-corrected chi connectivity index (χ1v) is 11.2. The minimum absolute atomic E-state index is 0.160. The van der Waals surface area contributed by atoms with E-state index in [2.05, 4.69) is 29.2 Å². The van der Waals surface area contributed by atoms with Crippen LogP contribution in [0.1, 0.15) is 34.7 Å². The molecule has 2 aromatic rings. The highest BCUT2D eigenvalue weighted by atomic mass is 32.2. The quantitative estimate of drug-likeness (QED) is 0.758. The van der Waals surface area contributed by atoms with Crippen LogP contribution in [-0.2, 0) is 22.1 Å². The van der Waals surface area contributed by atoms with Crippen molar-refractivity contribution in [3.63, 3.8) is 0 Å². The Bertz CT molecular complexity index is 868. The van der Waals surface area contributed by atoms with Gasteiger partial charge in [-0.2, -0.15) is 0 Å². The van der Waals surface area contributed by atoms with Crippen LogP contribution in [0.4, 0.5) is 0 Å². The van der Waals surface area contributed by atoms with Crippen LogP contribution in [0.2, 0.25) is 0 Å². The average Bonchev–Trinajstić information content (AvgIpc) is 3.08. The predicted molar refractivity (Wildman–Crippen MR) is 104 cm³/mol. The van der Waals surface area contributed by atoms with E-state index in [0.717, 1.165) is 38.7 Å². The van der Waals surface area contributed by atoms with Gasteiger partial charge in [-0.25, -0.2) is 8.42 Å². The molecular formula is C20H26N2O4S. The summed E-state index contributed by atoms with van der Waals surface area (Å²) in [5.41, 5.74) is 1.30. The van der Waals surface area contributed by atoms with Crippen molar-refractivity contribution in [2.75, 3.05) is 26.4 Å². The van der Waals surface area contributed by atoms with Crippen LogP contribution < -0.4 is 0 Å². The SMILES string of the molecule is CN(C(=O)c1ccc(CS(C)(=O)=O)o1)C1CCN(Cc2ccccc2)CC1. The molecule has 7 heteroatoms. The van der Waals surface area contributed by atoms with Crippen LogP contribution in [-0.4, -0.2) is 56.6 Å². The lowest BCUT2D eigenvalue weighted by Crippen LogP contribution is -2.45. The van der Waals surface area contributed by atoms with Crippen LogP contribution in [0.5, 0.6) is 0 Å². The van der Waals surface area contributed by atoms with E-state index in [1.807, 2.05) is 6.07 Å². The number of sulfone groups is 1. The van der Waals surface area contributed by atoms with Gasteiger partial charge in [-0.3, -0.25) is 9.69 Å². The number of carbonyl (C=O) groups is 1. The summed E-state index contributed by atoms with van der Waals surface area (Å²) in [5.74, 6) is 0.105. The van der Waals surface area contributed by atoms with Crippen molar-refractivity contribution >= 4 is 15.7 Å². The molecule has 146 valence electrons. The van der Waals surface area contributed by atoms with Crippen molar-refractivity contribution in [2.24, 2.45) is 0 Å². The van der Waals surface area contributed by atoms with Crippen LogP contribution in [0.15, 0.2) is 46.9 Å². The van der Waals surface area contributed by atoms with Crippen molar-refractivity contribution in [1.82, 2.24) is 9.80 Å². The van der Waals surface area contributed by atoms with Crippen molar-refractivity contribution in [3.05, 3.63) is 59.5 Å². The van der Waals surface area contributed by atoms with Gasteiger partial charge in [-0.05, 0) is 30.5 Å². The third-order valence-electron chi connectivity index (χ3n) is 4.95. The highest BCUT2D eigenvalue weighted by Gasteiger charge is 2.27. The lowest BCUT2D eigenvalue weighted by molar-refractivity contribution is 0.0604. The van der Waals surface area contributed by atoms with Crippen LogP contribution in [0, 0.1) is 0 Å². The van der Waals surface area contributed by atoms with E-state index in [-0.39, 0.29) is 23.5 Å². The number of likely N-dealkylation sites (tertiary alicyclic amines) is 1. The minimum Gasteiger partial charge on any atom is -0.455 e. The Hall–Kier alpha value is -2.12. The van der Waals surface area contributed by atoms with E-state index in [4.69, 9.17) is 4.42 Å². The lowest BCUT2D eigenvalue weighted by Gasteiger charge is -2.36. The number of rotatable bonds is 6. The van der Waals surface area contributed by atoms with Gasteiger partial charge in [0, 0.05) is 39.0 Å². The van der Waals surface area contributed by atoms with E-state index in [0.29, 0.717) is 5.76 Å². The second kappa shape index (κ2) is 8.27. The maximum Gasteiger partial charge on any atom is 0.289 e. The summed E-state index contributed by atoms with van der Waals surface area (Å²) in [6, 6.07) is 13.7. The molecule has 0 spiro atoms. The summed E-state index contributed by atoms with van der Waals surface area (Å²) in [6.07, 6.45) is 2.96. The van der Waals surface area contributed by atoms with Gasteiger partial charge in [-0.1, -0.05) is 30.3 Å². The summed E-state index contributed by atoms with van der Waals surface area (Å²) in [6.45, 7) is 2.81. The highest BCUT2D eigenvalue weighted by Crippen LogP contribution is 2.20. The fourth-order valence-corrected chi connectivity index (χ4v) is 4.15. The number of piperidine rings is 1. The van der Waals surface area contributed by atoms with Crippen molar-refractivity contribution in [3.8, 4) is 0 Å². The molecule has 0 N–H and O–H groups in total. The molecule has 3 rings (SSSR count). The fraction of sp³-hybridized carbons (Fsp3) is 0.450. The molecule has 1 aliphatic rings. The molecule has 0 radical (unpaired) electrons. The number of carbonyl (C=O) groups excluding carboxylic acids is 1. The molecule has 0 atom stereocenters. The molecular weight excluding hydrogens is 364 g/mol. The van der Waals surface area contributed by atoms with Gasteiger partial charge in [0.1, 0.15) is 11.5 Å². The first kappa shape index (κ1) is 19.6. The Kier molecular flexibility index (Phi) is 6.01. The van der Waals surface area contributed by atoms with E-state index in [9.17, 15) is 13.2 Å². The minimum atomic E-state index is -3.19. The van der Waals surface area contributed by atoms with E-state index in [1.54, 1.807) is 24.1 Å². The van der Waals surface area contributed by atoms with Crippen molar-refractivity contribution < 1.29 is 17.6 Å². The van der Waals surface area contributed by atoms with Gasteiger partial charge in [0.15, 0.2) is 15.6 Å². The third kappa shape index (κ3) is 5.43. The molecule has 0 unspecified atom stereocenters. The van der Waals surface area contributed by atoms with Crippen molar-refractivity contribution in [2.45, 2.75) is 31.2 Å². The van der Waals surface area contributed by atoms with Gasteiger partial charge in [-0.15, -0.1) is 0 Å². The number of benzene rings is 1. The zero-order valence-corrected chi connectivity index (χ0v) is 16.6. The van der Waals surface area contributed by atoms with Crippen LogP contribution in [0.25, 0.3) is 0 Å². The zero-order valence-electron chi connectivity index (χ0n) is 15.8. The number of amides is 1. The van der Waals surface area contributed by atoms with Gasteiger partial charge < -0.3 is 9.32 Å². The van der Waals surface area contributed by atoms with Gasteiger partial charge >= 0.3 is 0 Å². The first-order chi connectivity index (χ1) is 12.8. The van der Waals surface area contributed by atoms with E-state index >= 15 is 0 Å². The largest absolute Gasteiger partial charge is 0.455 e. The number of furan rings is 1. The molecule has 1 saturated heterocycles. The standard InChI is InChI=1S/C20H26N2O4S/c1-21(20(23)19-9-8-18(26-19)15-27(2,24)25)17-10-12-22(13-11-17)14-16-6-4-3-5-7-16/h3-9,17H,10-15H2,1-2H3. The summed E-state index contributed by atoms with van der Waals surface area (Å²) < 4.78 is 28.2. The lowest BCUT2D eigenvalue weighted by atomic mass is 10.0. The molecule has 1 aliphatic heterocycles. The summed E-state index contributed by atoms with van der Waals surface area (Å²) in [4.78, 5) is 16.8. The third-order valence-corrected chi connectivity index (χ3v) is 5.76. The molecule has 0 aliphatic carbocycles. The average molecular weight is 391 g/mol. The Labute approximate surface area is 160 Å². The van der Waals surface area contributed by atoms with Crippen molar-refractivity contribution in [1.29, 1.82) is 0 Å². The molecule has 2 heterocycles. The second-order valence-corrected chi connectivity index (χ2v) is 9.39. The molecule has 1 fully saturated rings. The first-order valence-electron chi connectivity index (χ1n) is 9.12. The molecule has 1 amide bonds. The predicted octanol–water partition coefficient (Wildman–Crippen LogP) is 2.56. The maximum absolute atomic E-state index is 12.7. The topological polar surface area (TPSA) is 70.8 Å². The molecule has 6 nitrogen and oxygen atoms in total. The van der Waals surface area contributed by atoms with Gasteiger partial charge in [0.25, 0.3) is 5.91 Å². The summed E-state index contributed by atoms with van der Waals surface area (Å²) in [5, 5.41) is 0. The number of hydrogen-bond donors (Lipinski definition) is 0. The zero-order chi connectivity index (χ0) is 19.4. The molecule has 27 heavy (non-hydrogen) atoms.